The van der Waals surface area contributed by atoms with E-state index in [2.05, 4.69) is 17.6 Å². The second-order valence-electron chi connectivity index (χ2n) is 10.5. The maximum atomic E-state index is 13.7. The molecule has 2 unspecified atom stereocenters. The molecule has 2 aromatic rings. The molecule has 0 saturated heterocycles. The smallest absolute Gasteiger partial charge is 0.408 e. The van der Waals surface area contributed by atoms with Crippen molar-refractivity contribution < 1.29 is 19.1 Å². The third-order valence-electron chi connectivity index (χ3n) is 5.90. The first-order valence-electron chi connectivity index (χ1n) is 13.2. The number of nitrogens with one attached hydrogen (secondary N) is 2. The van der Waals surface area contributed by atoms with E-state index in [0.717, 1.165) is 42.4 Å². The number of aryl methyl sites for hydroxylation is 1. The molecule has 2 rings (SSSR count). The molecule has 2 N–H and O–H groups in total. The molecule has 7 nitrogen and oxygen atoms in total. The van der Waals surface area contributed by atoms with Crippen molar-refractivity contribution in [2.45, 2.75) is 91.5 Å². The van der Waals surface area contributed by atoms with E-state index in [0.29, 0.717) is 13.1 Å². The third-order valence-corrected chi connectivity index (χ3v) is 5.90. The van der Waals surface area contributed by atoms with Gasteiger partial charge in [-0.1, -0.05) is 86.3 Å². The van der Waals surface area contributed by atoms with Crippen LogP contribution in [-0.2, 0) is 20.9 Å². The number of carbonyl (C=O) groups is 3. The SMILES string of the molecule is CCCCCCN(C(=O)C(C)NC(=O)OC(C)(C)C)C(C(=O)NCc1ccccc1)c1ccc(C)cc1. The van der Waals surface area contributed by atoms with Gasteiger partial charge in [-0.3, -0.25) is 9.59 Å². The normalized spacial score (nSPS) is 12.8. The Balaban J connectivity index is 2.34. The van der Waals surface area contributed by atoms with Crippen molar-refractivity contribution in [3.05, 3.63) is 71.3 Å². The maximum Gasteiger partial charge on any atom is 0.408 e. The fourth-order valence-corrected chi connectivity index (χ4v) is 3.97. The van der Waals surface area contributed by atoms with Gasteiger partial charge in [0.1, 0.15) is 17.7 Å². The summed E-state index contributed by atoms with van der Waals surface area (Å²) in [4.78, 5) is 41.4. The monoisotopic (exact) mass is 509 g/mol. The number of benzene rings is 2. The molecule has 0 aliphatic carbocycles. The molecule has 0 aromatic heterocycles. The Hall–Kier alpha value is -3.35. The first kappa shape index (κ1) is 29.9. The molecule has 0 saturated carbocycles. The number of nitrogens with zero attached hydrogens (tertiary/aromatic N) is 1. The van der Waals surface area contributed by atoms with E-state index in [-0.39, 0.29) is 11.8 Å². The second kappa shape index (κ2) is 14.4. The zero-order chi connectivity index (χ0) is 27.4. The minimum absolute atomic E-state index is 0.263. The topological polar surface area (TPSA) is 87.7 Å². The van der Waals surface area contributed by atoms with Crippen LogP contribution in [0.4, 0.5) is 4.79 Å². The van der Waals surface area contributed by atoms with Crippen LogP contribution in [0.25, 0.3) is 0 Å². The summed E-state index contributed by atoms with van der Waals surface area (Å²) in [6.07, 6.45) is 3.14. The Labute approximate surface area is 222 Å². The zero-order valence-electron chi connectivity index (χ0n) is 23.2. The molecule has 0 aliphatic heterocycles. The Bertz CT molecular complexity index is 1000. The number of ether oxygens (including phenoxy) is 1. The second-order valence-corrected chi connectivity index (χ2v) is 10.5. The summed E-state index contributed by atoms with van der Waals surface area (Å²) < 4.78 is 5.34. The number of amides is 3. The van der Waals surface area contributed by atoms with Crippen LogP contribution >= 0.6 is 0 Å². The van der Waals surface area contributed by atoms with Crippen molar-refractivity contribution in [2.75, 3.05) is 6.54 Å². The van der Waals surface area contributed by atoms with Crippen molar-refractivity contribution >= 4 is 17.9 Å². The van der Waals surface area contributed by atoms with Gasteiger partial charge >= 0.3 is 6.09 Å². The number of carbonyl (C=O) groups excluding carboxylic acids is 3. The first-order valence-corrected chi connectivity index (χ1v) is 13.2. The number of hydrogen-bond acceptors (Lipinski definition) is 4. The Kier molecular flexibility index (Phi) is 11.6. The largest absolute Gasteiger partial charge is 0.444 e. The van der Waals surface area contributed by atoms with Gasteiger partial charge in [0.25, 0.3) is 0 Å². The van der Waals surface area contributed by atoms with Crippen molar-refractivity contribution in [1.29, 1.82) is 0 Å². The number of rotatable bonds is 12. The lowest BCUT2D eigenvalue weighted by molar-refractivity contribution is -0.142. The van der Waals surface area contributed by atoms with E-state index in [1.807, 2.05) is 61.5 Å². The molecule has 0 radical (unpaired) electrons. The van der Waals surface area contributed by atoms with E-state index in [1.54, 1.807) is 32.6 Å². The summed E-state index contributed by atoms with van der Waals surface area (Å²) in [6, 6.07) is 15.6. The van der Waals surface area contributed by atoms with E-state index in [4.69, 9.17) is 4.74 Å². The lowest BCUT2D eigenvalue weighted by Gasteiger charge is -2.34. The van der Waals surface area contributed by atoms with E-state index in [9.17, 15) is 14.4 Å². The van der Waals surface area contributed by atoms with Gasteiger partial charge in [-0.15, -0.1) is 0 Å². The average molecular weight is 510 g/mol. The predicted molar refractivity (Wildman–Crippen MR) is 147 cm³/mol. The van der Waals surface area contributed by atoms with Gasteiger partial charge < -0.3 is 20.3 Å². The standard InChI is InChI=1S/C30H43N3O4/c1-7-8-9-13-20-33(28(35)23(3)32-29(36)37-30(4,5)6)26(25-18-16-22(2)17-19-25)27(34)31-21-24-14-11-10-12-15-24/h10-12,14-19,23,26H,7-9,13,20-21H2,1-6H3,(H,31,34)(H,32,36). The molecule has 2 aromatic carbocycles. The summed E-state index contributed by atoms with van der Waals surface area (Å²) >= 11 is 0. The highest BCUT2D eigenvalue weighted by Gasteiger charge is 2.34. The fourth-order valence-electron chi connectivity index (χ4n) is 3.97. The van der Waals surface area contributed by atoms with Crippen molar-refractivity contribution in [2.24, 2.45) is 0 Å². The minimum atomic E-state index is -0.865. The van der Waals surface area contributed by atoms with Gasteiger partial charge in [0.2, 0.25) is 11.8 Å². The molecule has 7 heteroatoms. The molecular weight excluding hydrogens is 466 g/mol. The van der Waals surface area contributed by atoms with Crippen LogP contribution in [0.3, 0.4) is 0 Å². The Morgan fingerprint density at radius 1 is 0.946 bits per heavy atom. The van der Waals surface area contributed by atoms with Gasteiger partial charge in [-0.05, 0) is 52.2 Å². The molecule has 0 fully saturated rings. The highest BCUT2D eigenvalue weighted by Crippen LogP contribution is 2.24. The highest BCUT2D eigenvalue weighted by atomic mass is 16.6. The fraction of sp³-hybridized carbons (Fsp3) is 0.500. The van der Waals surface area contributed by atoms with Crippen LogP contribution in [0.2, 0.25) is 0 Å². The lowest BCUT2D eigenvalue weighted by atomic mass is 10.0. The van der Waals surface area contributed by atoms with Crippen LogP contribution in [0.15, 0.2) is 54.6 Å². The molecule has 0 spiro atoms. The maximum absolute atomic E-state index is 13.7. The Morgan fingerprint density at radius 3 is 2.19 bits per heavy atom. The van der Waals surface area contributed by atoms with Crippen molar-refractivity contribution in [3.8, 4) is 0 Å². The molecular formula is C30H43N3O4. The molecule has 3 amide bonds. The van der Waals surface area contributed by atoms with Crippen LogP contribution in [-0.4, -0.2) is 41.0 Å². The lowest BCUT2D eigenvalue weighted by Crippen LogP contribution is -2.52. The van der Waals surface area contributed by atoms with E-state index >= 15 is 0 Å². The molecule has 0 bridgehead atoms. The van der Waals surface area contributed by atoms with Crippen LogP contribution in [0, 0.1) is 6.92 Å². The molecule has 202 valence electrons. The summed E-state index contributed by atoms with van der Waals surface area (Å²) in [5.41, 5.74) is 2.07. The molecule has 0 heterocycles. The summed E-state index contributed by atoms with van der Waals surface area (Å²) in [7, 11) is 0. The van der Waals surface area contributed by atoms with Crippen LogP contribution in [0.1, 0.15) is 83.0 Å². The summed E-state index contributed by atoms with van der Waals surface area (Å²) in [5.74, 6) is -0.594. The van der Waals surface area contributed by atoms with E-state index < -0.39 is 23.8 Å². The minimum Gasteiger partial charge on any atom is -0.444 e. The van der Waals surface area contributed by atoms with Gasteiger partial charge in [0.15, 0.2) is 0 Å². The van der Waals surface area contributed by atoms with Gasteiger partial charge in [-0.2, -0.15) is 0 Å². The molecule has 2 atom stereocenters. The van der Waals surface area contributed by atoms with Gasteiger partial charge in [-0.25, -0.2) is 4.79 Å². The highest BCUT2D eigenvalue weighted by molar-refractivity contribution is 5.92. The van der Waals surface area contributed by atoms with Gasteiger partial charge in [0, 0.05) is 13.1 Å². The van der Waals surface area contributed by atoms with Gasteiger partial charge in [0.05, 0.1) is 0 Å². The summed E-state index contributed by atoms with van der Waals surface area (Å²) in [6.45, 7) is 11.8. The third kappa shape index (κ3) is 10.3. The zero-order valence-corrected chi connectivity index (χ0v) is 23.2. The van der Waals surface area contributed by atoms with Crippen LogP contribution < -0.4 is 10.6 Å². The number of hydrogen-bond donors (Lipinski definition) is 2. The first-order chi connectivity index (χ1) is 17.5. The van der Waals surface area contributed by atoms with Crippen molar-refractivity contribution in [3.63, 3.8) is 0 Å². The Morgan fingerprint density at radius 2 is 1.59 bits per heavy atom. The quantitative estimate of drug-likeness (QED) is 0.361. The van der Waals surface area contributed by atoms with E-state index in [1.165, 1.54) is 0 Å². The summed E-state index contributed by atoms with van der Waals surface area (Å²) in [5, 5.41) is 5.66. The molecule has 37 heavy (non-hydrogen) atoms. The van der Waals surface area contributed by atoms with Crippen molar-refractivity contribution in [1.82, 2.24) is 15.5 Å². The predicted octanol–water partition coefficient (Wildman–Crippen LogP) is 5.67. The number of unbranched alkanes of at least 4 members (excludes halogenated alkanes) is 3. The number of alkyl carbamates (subject to hydrolysis) is 1. The van der Waals surface area contributed by atoms with Crippen LogP contribution in [0.5, 0.6) is 0 Å². The molecule has 0 aliphatic rings. The average Bonchev–Trinajstić information content (AvgIpc) is 2.84.